The lowest BCUT2D eigenvalue weighted by molar-refractivity contribution is -0.119. The van der Waals surface area contributed by atoms with E-state index in [1.807, 2.05) is 0 Å². The largest absolute Gasteiger partial charge is 0.405 e. The second-order valence-electron chi connectivity index (χ2n) is 3.19. The van der Waals surface area contributed by atoms with Crippen LogP contribution in [0.1, 0.15) is 5.69 Å². The highest BCUT2D eigenvalue weighted by molar-refractivity contribution is 6.18. The number of nitrogens with zero attached hydrogens (tertiary/aromatic N) is 3. The minimum Gasteiger partial charge on any atom is -0.345 e. The van der Waals surface area contributed by atoms with Gasteiger partial charge in [-0.25, -0.2) is 4.98 Å². The van der Waals surface area contributed by atoms with Gasteiger partial charge in [-0.1, -0.05) is 0 Å². The lowest BCUT2D eigenvalue weighted by Crippen LogP contribution is -2.36. The lowest BCUT2D eigenvalue weighted by Gasteiger charge is -2.24. The van der Waals surface area contributed by atoms with Crippen LogP contribution in [0.3, 0.4) is 0 Å². The molecule has 0 aliphatic rings. The zero-order chi connectivity index (χ0) is 12.2. The van der Waals surface area contributed by atoms with E-state index in [0.29, 0.717) is 5.69 Å². The van der Waals surface area contributed by atoms with Gasteiger partial charge in [0.05, 0.1) is 5.69 Å². The molecular weight excluding hydrogens is 243 g/mol. The van der Waals surface area contributed by atoms with Crippen LogP contribution in [-0.2, 0) is 0 Å². The van der Waals surface area contributed by atoms with E-state index in [0.717, 1.165) is 4.90 Å². The van der Waals surface area contributed by atoms with Crippen LogP contribution < -0.4 is 4.90 Å². The Balaban J connectivity index is 2.89. The molecule has 0 spiro atoms. The summed E-state index contributed by atoms with van der Waals surface area (Å²) in [5, 5.41) is 0. The Kier molecular flexibility index (Phi) is 4.35. The van der Waals surface area contributed by atoms with E-state index >= 15 is 0 Å². The molecule has 0 aliphatic carbocycles. The molecule has 1 heterocycles. The molecule has 3 nitrogen and oxygen atoms in total. The molecule has 0 radical (unpaired) electrons. The third kappa shape index (κ3) is 3.84. The number of anilines is 1. The first-order chi connectivity index (χ1) is 7.44. The van der Waals surface area contributed by atoms with Gasteiger partial charge in [-0.2, -0.15) is 13.2 Å². The van der Waals surface area contributed by atoms with Crippen molar-refractivity contribution in [1.29, 1.82) is 0 Å². The molecule has 0 saturated heterocycles. The number of hydrogen-bond acceptors (Lipinski definition) is 3. The summed E-state index contributed by atoms with van der Waals surface area (Å²) in [7, 11) is 0. The summed E-state index contributed by atoms with van der Waals surface area (Å²) in [5.74, 6) is 0.326. The van der Waals surface area contributed by atoms with Crippen molar-refractivity contribution in [2.24, 2.45) is 0 Å². The monoisotopic (exact) mass is 253 g/mol. The van der Waals surface area contributed by atoms with Gasteiger partial charge in [0.2, 0.25) is 0 Å². The SMILES string of the molecule is Cc1nccnc1N(CCCl)CC(F)(F)F. The van der Waals surface area contributed by atoms with Crippen LogP contribution >= 0.6 is 11.6 Å². The van der Waals surface area contributed by atoms with Crippen LogP contribution in [0.15, 0.2) is 12.4 Å². The van der Waals surface area contributed by atoms with Gasteiger partial charge in [0.25, 0.3) is 0 Å². The number of rotatable bonds is 4. The number of halogens is 4. The molecular formula is C9H11ClF3N3. The predicted octanol–water partition coefficient (Wildman–Crippen LogP) is 2.39. The van der Waals surface area contributed by atoms with E-state index in [-0.39, 0.29) is 18.2 Å². The molecule has 1 aromatic heterocycles. The predicted molar refractivity (Wildman–Crippen MR) is 55.8 cm³/mol. The van der Waals surface area contributed by atoms with Crippen LogP contribution in [0.4, 0.5) is 19.0 Å². The van der Waals surface area contributed by atoms with Crippen molar-refractivity contribution in [1.82, 2.24) is 9.97 Å². The third-order valence-electron chi connectivity index (χ3n) is 1.88. The van der Waals surface area contributed by atoms with E-state index in [1.54, 1.807) is 6.92 Å². The minimum absolute atomic E-state index is 0.0839. The Hall–Kier alpha value is -1.04. The summed E-state index contributed by atoms with van der Waals surface area (Å²) in [6.07, 6.45) is -1.48. The van der Waals surface area contributed by atoms with Gasteiger partial charge in [0.1, 0.15) is 12.4 Å². The van der Waals surface area contributed by atoms with Gasteiger partial charge in [-0.05, 0) is 6.92 Å². The highest BCUT2D eigenvalue weighted by atomic mass is 35.5. The Labute approximate surface area is 96.3 Å². The van der Waals surface area contributed by atoms with Crippen molar-refractivity contribution in [3.8, 4) is 0 Å². The zero-order valence-corrected chi connectivity index (χ0v) is 9.39. The van der Waals surface area contributed by atoms with Crippen molar-refractivity contribution in [2.75, 3.05) is 23.9 Å². The first kappa shape index (κ1) is 13.0. The average molecular weight is 254 g/mol. The standard InChI is InChI=1S/C9H11ClF3N3/c1-7-8(15-4-3-14-7)16(5-2-10)6-9(11,12)13/h3-4H,2,5-6H2,1H3. The topological polar surface area (TPSA) is 29.0 Å². The highest BCUT2D eigenvalue weighted by Gasteiger charge is 2.31. The fourth-order valence-electron chi connectivity index (χ4n) is 1.29. The molecule has 0 atom stereocenters. The number of alkyl halides is 4. The van der Waals surface area contributed by atoms with Crippen LogP contribution in [0, 0.1) is 6.92 Å². The maximum atomic E-state index is 12.3. The van der Waals surface area contributed by atoms with Crippen LogP contribution in [0.2, 0.25) is 0 Å². The maximum absolute atomic E-state index is 12.3. The highest BCUT2D eigenvalue weighted by Crippen LogP contribution is 2.21. The van der Waals surface area contributed by atoms with Crippen molar-refractivity contribution in [2.45, 2.75) is 13.1 Å². The first-order valence-electron chi connectivity index (χ1n) is 4.59. The fraction of sp³-hybridized carbons (Fsp3) is 0.556. The van der Waals surface area contributed by atoms with Gasteiger partial charge in [-0.3, -0.25) is 4.98 Å². The average Bonchev–Trinajstić information content (AvgIpc) is 2.16. The summed E-state index contributed by atoms with van der Waals surface area (Å²) < 4.78 is 36.9. The van der Waals surface area contributed by atoms with E-state index in [4.69, 9.17) is 11.6 Å². The Morgan fingerprint density at radius 3 is 2.44 bits per heavy atom. The molecule has 0 saturated carbocycles. The number of hydrogen-bond donors (Lipinski definition) is 0. The maximum Gasteiger partial charge on any atom is 0.405 e. The molecule has 0 N–H and O–H groups in total. The van der Waals surface area contributed by atoms with Gasteiger partial charge < -0.3 is 4.90 Å². The summed E-state index contributed by atoms with van der Waals surface area (Å²) in [4.78, 5) is 8.86. The summed E-state index contributed by atoms with van der Waals surface area (Å²) >= 11 is 5.47. The molecule has 0 unspecified atom stereocenters. The molecule has 0 fully saturated rings. The molecule has 1 rings (SSSR count). The van der Waals surface area contributed by atoms with Gasteiger partial charge >= 0.3 is 6.18 Å². The zero-order valence-electron chi connectivity index (χ0n) is 8.63. The van der Waals surface area contributed by atoms with Gasteiger partial charge in [0.15, 0.2) is 0 Å². The van der Waals surface area contributed by atoms with Crippen molar-refractivity contribution < 1.29 is 13.2 Å². The molecule has 0 amide bonds. The number of aromatic nitrogens is 2. The summed E-state index contributed by atoms with van der Waals surface area (Å²) in [6, 6.07) is 0. The fourth-order valence-corrected chi connectivity index (χ4v) is 1.49. The lowest BCUT2D eigenvalue weighted by atomic mass is 10.3. The number of aryl methyl sites for hydroxylation is 1. The molecule has 90 valence electrons. The summed E-state index contributed by atoms with van der Waals surface area (Å²) in [5.41, 5.74) is 0.455. The van der Waals surface area contributed by atoms with Gasteiger partial charge in [-0.15, -0.1) is 11.6 Å². The summed E-state index contributed by atoms with van der Waals surface area (Å²) in [6.45, 7) is 0.625. The van der Waals surface area contributed by atoms with Crippen molar-refractivity contribution in [3.63, 3.8) is 0 Å². The minimum atomic E-state index is -4.28. The second kappa shape index (κ2) is 5.34. The van der Waals surface area contributed by atoms with Gasteiger partial charge in [0, 0.05) is 24.8 Å². The molecule has 7 heteroatoms. The quantitative estimate of drug-likeness (QED) is 0.772. The van der Waals surface area contributed by atoms with E-state index < -0.39 is 12.7 Å². The van der Waals surface area contributed by atoms with Crippen molar-refractivity contribution >= 4 is 17.4 Å². The van der Waals surface area contributed by atoms with Crippen LogP contribution in [-0.4, -0.2) is 35.1 Å². The smallest absolute Gasteiger partial charge is 0.345 e. The van der Waals surface area contributed by atoms with Crippen molar-refractivity contribution in [3.05, 3.63) is 18.1 Å². The molecule has 16 heavy (non-hydrogen) atoms. The van der Waals surface area contributed by atoms with Crippen LogP contribution in [0.5, 0.6) is 0 Å². The Morgan fingerprint density at radius 2 is 1.94 bits per heavy atom. The third-order valence-corrected chi connectivity index (χ3v) is 2.05. The molecule has 1 aromatic rings. The van der Waals surface area contributed by atoms with Crippen LogP contribution in [0.25, 0.3) is 0 Å². The molecule has 0 bridgehead atoms. The Morgan fingerprint density at radius 1 is 1.31 bits per heavy atom. The molecule has 0 aromatic carbocycles. The molecule has 0 aliphatic heterocycles. The normalized spacial score (nSPS) is 11.6. The van der Waals surface area contributed by atoms with E-state index in [1.165, 1.54) is 12.4 Å². The van der Waals surface area contributed by atoms with E-state index in [2.05, 4.69) is 9.97 Å². The Bertz CT molecular complexity index is 343. The van der Waals surface area contributed by atoms with E-state index in [9.17, 15) is 13.2 Å². The second-order valence-corrected chi connectivity index (χ2v) is 3.57. The first-order valence-corrected chi connectivity index (χ1v) is 5.13.